The molecule has 0 unspecified atom stereocenters. The van der Waals surface area contributed by atoms with Gasteiger partial charge in [-0.05, 0) is 25.0 Å². The molecule has 3 nitrogen and oxygen atoms in total. The Morgan fingerprint density at radius 2 is 1.65 bits per heavy atom. The molecule has 0 atom stereocenters. The summed E-state index contributed by atoms with van der Waals surface area (Å²) < 4.78 is 2.20. The summed E-state index contributed by atoms with van der Waals surface area (Å²) in [5.74, 6) is 0. The SMILES string of the molecule is CCn1c(-c2ccccc2)cs/c1=N\N=C(\C)c1ccccc1. The molecule has 1 aromatic heterocycles. The van der Waals surface area contributed by atoms with Gasteiger partial charge in [0.25, 0.3) is 0 Å². The third-order valence-electron chi connectivity index (χ3n) is 3.66. The second-order valence-electron chi connectivity index (χ2n) is 5.17. The van der Waals surface area contributed by atoms with E-state index in [0.717, 1.165) is 22.6 Å². The summed E-state index contributed by atoms with van der Waals surface area (Å²) in [5.41, 5.74) is 4.40. The zero-order valence-corrected chi connectivity index (χ0v) is 14.1. The highest BCUT2D eigenvalue weighted by Crippen LogP contribution is 2.19. The lowest BCUT2D eigenvalue weighted by Gasteiger charge is -2.05. The number of thiazole rings is 1. The van der Waals surface area contributed by atoms with Crippen LogP contribution >= 0.6 is 11.3 Å². The minimum atomic E-state index is 0.868. The summed E-state index contributed by atoms with van der Waals surface area (Å²) in [6.45, 7) is 4.99. The van der Waals surface area contributed by atoms with Crippen LogP contribution < -0.4 is 4.80 Å². The molecule has 3 aromatic rings. The molecule has 116 valence electrons. The minimum absolute atomic E-state index is 0.868. The quantitative estimate of drug-likeness (QED) is 0.498. The van der Waals surface area contributed by atoms with Crippen LogP contribution in [-0.2, 0) is 6.54 Å². The molecular weight excluding hydrogens is 302 g/mol. The minimum Gasteiger partial charge on any atom is -0.315 e. The maximum Gasteiger partial charge on any atom is 0.211 e. The smallest absolute Gasteiger partial charge is 0.211 e. The van der Waals surface area contributed by atoms with E-state index in [1.54, 1.807) is 11.3 Å². The molecule has 23 heavy (non-hydrogen) atoms. The fourth-order valence-corrected chi connectivity index (χ4v) is 3.33. The Bertz CT molecular complexity index is 858. The van der Waals surface area contributed by atoms with Crippen LogP contribution in [0.5, 0.6) is 0 Å². The van der Waals surface area contributed by atoms with Gasteiger partial charge >= 0.3 is 0 Å². The van der Waals surface area contributed by atoms with E-state index < -0.39 is 0 Å². The van der Waals surface area contributed by atoms with Gasteiger partial charge in [0.1, 0.15) is 0 Å². The number of hydrogen-bond acceptors (Lipinski definition) is 3. The largest absolute Gasteiger partial charge is 0.315 e. The van der Waals surface area contributed by atoms with Gasteiger partial charge in [-0.1, -0.05) is 60.7 Å². The highest BCUT2D eigenvalue weighted by Gasteiger charge is 2.05. The highest BCUT2D eigenvalue weighted by atomic mass is 32.1. The summed E-state index contributed by atoms with van der Waals surface area (Å²) in [6, 6.07) is 20.5. The van der Waals surface area contributed by atoms with Crippen LogP contribution in [0, 0.1) is 0 Å². The molecule has 0 aliphatic rings. The summed E-state index contributed by atoms with van der Waals surface area (Å²) in [5, 5.41) is 11.0. The molecule has 4 heteroatoms. The van der Waals surface area contributed by atoms with Crippen LogP contribution in [0.2, 0.25) is 0 Å². The predicted octanol–water partition coefficient (Wildman–Crippen LogP) is 4.56. The molecule has 0 radical (unpaired) electrons. The van der Waals surface area contributed by atoms with Crippen molar-refractivity contribution in [3.63, 3.8) is 0 Å². The van der Waals surface area contributed by atoms with Gasteiger partial charge in [-0.25, -0.2) is 0 Å². The molecule has 1 heterocycles. The Hall–Kier alpha value is -2.46. The van der Waals surface area contributed by atoms with Crippen molar-refractivity contribution < 1.29 is 0 Å². The van der Waals surface area contributed by atoms with Crippen LogP contribution in [-0.4, -0.2) is 10.3 Å². The van der Waals surface area contributed by atoms with Gasteiger partial charge in [0.05, 0.1) is 11.4 Å². The molecular formula is C19H19N3S. The van der Waals surface area contributed by atoms with E-state index in [2.05, 4.69) is 51.3 Å². The molecule has 0 N–H and O–H groups in total. The highest BCUT2D eigenvalue weighted by molar-refractivity contribution is 7.07. The lowest BCUT2D eigenvalue weighted by atomic mass is 10.1. The van der Waals surface area contributed by atoms with Crippen molar-refractivity contribution >= 4 is 17.0 Å². The lowest BCUT2D eigenvalue weighted by Crippen LogP contribution is -2.14. The number of benzene rings is 2. The van der Waals surface area contributed by atoms with Gasteiger partial charge in [-0.2, -0.15) is 5.10 Å². The van der Waals surface area contributed by atoms with Crippen molar-refractivity contribution in [3.8, 4) is 11.3 Å². The molecule has 0 fully saturated rings. The van der Waals surface area contributed by atoms with E-state index >= 15 is 0 Å². The normalized spacial score (nSPS) is 12.6. The van der Waals surface area contributed by atoms with Crippen LogP contribution in [0.1, 0.15) is 19.4 Å². The molecule has 0 amide bonds. The third-order valence-corrected chi connectivity index (χ3v) is 4.51. The topological polar surface area (TPSA) is 29.6 Å². The van der Waals surface area contributed by atoms with Crippen molar-refractivity contribution in [2.24, 2.45) is 10.2 Å². The molecule has 3 rings (SSSR count). The van der Waals surface area contributed by atoms with Crippen molar-refractivity contribution in [1.29, 1.82) is 0 Å². The molecule has 0 saturated carbocycles. The Morgan fingerprint density at radius 3 is 2.30 bits per heavy atom. The second-order valence-corrected chi connectivity index (χ2v) is 6.00. The lowest BCUT2D eigenvalue weighted by molar-refractivity contribution is 0.736. The Labute approximate surface area is 140 Å². The molecule has 0 saturated heterocycles. The van der Waals surface area contributed by atoms with Gasteiger partial charge < -0.3 is 4.57 Å². The Balaban J connectivity index is 1.99. The van der Waals surface area contributed by atoms with E-state index in [1.807, 2.05) is 43.3 Å². The van der Waals surface area contributed by atoms with Gasteiger partial charge in [-0.3, -0.25) is 0 Å². The molecule has 0 bridgehead atoms. The number of hydrogen-bond donors (Lipinski definition) is 0. The first-order chi connectivity index (χ1) is 11.3. The van der Waals surface area contributed by atoms with E-state index in [0.29, 0.717) is 0 Å². The number of aromatic nitrogens is 1. The van der Waals surface area contributed by atoms with E-state index in [-0.39, 0.29) is 0 Å². The summed E-state index contributed by atoms with van der Waals surface area (Å²) in [6.07, 6.45) is 0. The van der Waals surface area contributed by atoms with Crippen molar-refractivity contribution in [2.45, 2.75) is 20.4 Å². The monoisotopic (exact) mass is 321 g/mol. The first-order valence-electron chi connectivity index (χ1n) is 7.67. The average molecular weight is 321 g/mol. The zero-order valence-electron chi connectivity index (χ0n) is 13.3. The van der Waals surface area contributed by atoms with E-state index in [4.69, 9.17) is 0 Å². The van der Waals surface area contributed by atoms with Gasteiger partial charge in [0, 0.05) is 11.9 Å². The first kappa shape index (κ1) is 15.4. The molecule has 0 aliphatic heterocycles. The van der Waals surface area contributed by atoms with Gasteiger partial charge in [0.15, 0.2) is 0 Å². The van der Waals surface area contributed by atoms with Crippen LogP contribution in [0.4, 0.5) is 0 Å². The Kier molecular flexibility index (Phi) is 4.83. The third kappa shape index (κ3) is 3.48. The molecule has 0 spiro atoms. The van der Waals surface area contributed by atoms with E-state index in [1.165, 1.54) is 11.3 Å². The standard InChI is InChI=1S/C19H19N3S/c1-3-22-18(17-12-8-5-9-13-17)14-23-19(22)21-20-15(2)16-10-6-4-7-11-16/h4-14H,3H2,1-2H3/b20-15-,21-19-. The average Bonchev–Trinajstić information content (AvgIpc) is 3.04. The predicted molar refractivity (Wildman–Crippen MR) is 97.6 cm³/mol. The number of rotatable bonds is 4. The fraction of sp³-hybridized carbons (Fsp3) is 0.158. The molecule has 2 aromatic carbocycles. The van der Waals surface area contributed by atoms with Crippen LogP contribution in [0.15, 0.2) is 76.2 Å². The summed E-state index contributed by atoms with van der Waals surface area (Å²) in [4.78, 5) is 0.918. The first-order valence-corrected chi connectivity index (χ1v) is 8.55. The summed E-state index contributed by atoms with van der Waals surface area (Å²) >= 11 is 1.62. The zero-order chi connectivity index (χ0) is 16.1. The maximum atomic E-state index is 4.47. The maximum absolute atomic E-state index is 4.47. The second kappa shape index (κ2) is 7.20. The summed E-state index contributed by atoms with van der Waals surface area (Å²) in [7, 11) is 0. The van der Waals surface area contributed by atoms with Gasteiger partial charge in [-0.15, -0.1) is 16.4 Å². The van der Waals surface area contributed by atoms with E-state index in [9.17, 15) is 0 Å². The Morgan fingerprint density at radius 1 is 1.00 bits per heavy atom. The molecule has 0 aliphatic carbocycles. The fourth-order valence-electron chi connectivity index (χ4n) is 2.41. The van der Waals surface area contributed by atoms with Crippen LogP contribution in [0.25, 0.3) is 11.3 Å². The van der Waals surface area contributed by atoms with Crippen molar-refractivity contribution in [2.75, 3.05) is 0 Å². The number of nitrogens with zero attached hydrogens (tertiary/aromatic N) is 3. The van der Waals surface area contributed by atoms with Crippen LogP contribution in [0.3, 0.4) is 0 Å². The van der Waals surface area contributed by atoms with Crippen molar-refractivity contribution in [3.05, 3.63) is 76.4 Å². The van der Waals surface area contributed by atoms with Crippen molar-refractivity contribution in [1.82, 2.24) is 4.57 Å². The van der Waals surface area contributed by atoms with Gasteiger partial charge in [0.2, 0.25) is 4.80 Å².